The molecule has 0 saturated carbocycles. The number of aryl methyl sites for hydroxylation is 1. The molecule has 1 aliphatic carbocycles. The summed E-state index contributed by atoms with van der Waals surface area (Å²) >= 11 is 0. The van der Waals surface area contributed by atoms with E-state index in [1.165, 1.54) is 18.2 Å². The maximum atomic E-state index is 13.6. The lowest BCUT2D eigenvalue weighted by Gasteiger charge is -2.30. The largest absolute Gasteiger partial charge is 0.504 e. The Morgan fingerprint density at radius 3 is 2.45 bits per heavy atom. The van der Waals surface area contributed by atoms with Gasteiger partial charge in [0.05, 0.1) is 24.5 Å². The number of para-hydroxylation sites is 3. The summed E-state index contributed by atoms with van der Waals surface area (Å²) in [6, 6.07) is 21.4. The first-order valence-corrected chi connectivity index (χ1v) is 11.4. The maximum absolute atomic E-state index is 13.6. The Hall–Kier alpha value is -3.73. The maximum Gasteiger partial charge on any atom is 0.163 e. The number of benzene rings is 3. The number of ketones is 1. The minimum absolute atomic E-state index is 0.0498. The Labute approximate surface area is 194 Å². The summed E-state index contributed by atoms with van der Waals surface area (Å²) in [5, 5.41) is 18.0. The van der Waals surface area contributed by atoms with E-state index in [-0.39, 0.29) is 17.5 Å². The number of phenolic OH excluding ortho intramolecular Hbond substituents is 1. The number of carbonyl (C=O) groups excluding carboxylic acids is 1. The van der Waals surface area contributed by atoms with Crippen molar-refractivity contribution < 1.29 is 14.6 Å². The van der Waals surface area contributed by atoms with E-state index in [4.69, 9.17) is 4.74 Å². The molecule has 0 bridgehead atoms. The molecule has 1 heterocycles. The van der Waals surface area contributed by atoms with E-state index in [0.717, 1.165) is 29.9 Å². The van der Waals surface area contributed by atoms with Crippen molar-refractivity contribution >= 4 is 17.2 Å². The van der Waals surface area contributed by atoms with Crippen LogP contribution in [-0.2, 0) is 11.2 Å². The van der Waals surface area contributed by atoms with Gasteiger partial charge in [-0.15, -0.1) is 0 Å². The summed E-state index contributed by atoms with van der Waals surface area (Å²) in [7, 11) is 1.53. The van der Waals surface area contributed by atoms with Crippen LogP contribution in [0.3, 0.4) is 0 Å². The monoisotopic (exact) mass is 440 g/mol. The molecule has 0 saturated heterocycles. The van der Waals surface area contributed by atoms with Gasteiger partial charge in [-0.2, -0.15) is 0 Å². The zero-order valence-electron chi connectivity index (χ0n) is 18.9. The molecular formula is C28H28N2O3. The molecule has 0 radical (unpaired) electrons. The standard InChI is InChI=1S/C28H28N2O3/c1-3-17-11-13-18(14-12-17)19-15-23-26(24(31)16-19)27(20-7-6-10-25(33-2)28(20)32)30-22-9-5-4-8-21(22)29-23/h4-14,19,27,29-30,32H,3,15-16H2,1-2H3. The molecule has 3 aromatic carbocycles. The van der Waals surface area contributed by atoms with Crippen molar-refractivity contribution in [1.82, 2.24) is 0 Å². The van der Waals surface area contributed by atoms with Gasteiger partial charge >= 0.3 is 0 Å². The number of rotatable bonds is 4. The van der Waals surface area contributed by atoms with Crippen molar-refractivity contribution in [2.75, 3.05) is 17.7 Å². The second-order valence-electron chi connectivity index (χ2n) is 8.66. The van der Waals surface area contributed by atoms with Crippen LogP contribution in [0.5, 0.6) is 11.5 Å². The molecule has 0 aromatic heterocycles. The number of methoxy groups -OCH3 is 1. The van der Waals surface area contributed by atoms with Gasteiger partial charge in [-0.05, 0) is 48.1 Å². The van der Waals surface area contributed by atoms with Crippen LogP contribution in [0.1, 0.15) is 48.4 Å². The fourth-order valence-corrected chi connectivity index (χ4v) is 4.92. The van der Waals surface area contributed by atoms with Crippen LogP contribution in [0, 0.1) is 0 Å². The zero-order chi connectivity index (χ0) is 22.9. The first-order chi connectivity index (χ1) is 16.1. The Bertz CT molecular complexity index is 1230. The Kier molecular flexibility index (Phi) is 5.55. The third kappa shape index (κ3) is 3.84. The summed E-state index contributed by atoms with van der Waals surface area (Å²) in [5.74, 6) is 0.633. The van der Waals surface area contributed by atoms with Gasteiger partial charge in [0, 0.05) is 23.3 Å². The highest BCUT2D eigenvalue weighted by atomic mass is 16.5. The average Bonchev–Trinajstić information content (AvgIpc) is 3.01. The van der Waals surface area contributed by atoms with Crippen molar-refractivity contribution in [2.24, 2.45) is 0 Å². The quantitative estimate of drug-likeness (QED) is 0.468. The molecule has 2 unspecified atom stereocenters. The van der Waals surface area contributed by atoms with Crippen molar-refractivity contribution in [3.63, 3.8) is 0 Å². The molecular weight excluding hydrogens is 412 g/mol. The molecule has 0 spiro atoms. The SMILES string of the molecule is CCc1ccc(C2CC(=O)C3=C(C2)Nc2ccccc2NC3c2cccc(OC)c2O)cc1. The summed E-state index contributed by atoms with van der Waals surface area (Å²) in [4.78, 5) is 13.6. The third-order valence-electron chi connectivity index (χ3n) is 6.73. The zero-order valence-corrected chi connectivity index (χ0v) is 18.9. The van der Waals surface area contributed by atoms with Gasteiger partial charge in [0.15, 0.2) is 17.3 Å². The van der Waals surface area contributed by atoms with E-state index in [9.17, 15) is 9.90 Å². The molecule has 1 aliphatic heterocycles. The second-order valence-corrected chi connectivity index (χ2v) is 8.66. The lowest BCUT2D eigenvalue weighted by Crippen LogP contribution is -2.27. The number of fused-ring (bicyclic) bond motifs is 1. The number of aromatic hydroxyl groups is 1. The molecule has 168 valence electrons. The van der Waals surface area contributed by atoms with E-state index in [2.05, 4.69) is 41.8 Å². The van der Waals surface area contributed by atoms with Crippen LogP contribution in [0.4, 0.5) is 11.4 Å². The van der Waals surface area contributed by atoms with Crippen molar-refractivity contribution in [3.05, 3.63) is 94.7 Å². The summed E-state index contributed by atoms with van der Waals surface area (Å²) in [6.45, 7) is 2.14. The molecule has 5 nitrogen and oxygen atoms in total. The number of Topliss-reactive ketones (excluding diaryl/α,β-unsaturated/α-hetero) is 1. The van der Waals surface area contributed by atoms with Gasteiger partial charge in [0.25, 0.3) is 0 Å². The van der Waals surface area contributed by atoms with E-state index in [1.807, 2.05) is 36.4 Å². The van der Waals surface area contributed by atoms with E-state index in [1.54, 1.807) is 6.07 Å². The normalized spacial score (nSPS) is 19.6. The van der Waals surface area contributed by atoms with E-state index in [0.29, 0.717) is 23.3 Å². The topological polar surface area (TPSA) is 70.6 Å². The fraction of sp³-hybridized carbons (Fsp3) is 0.250. The summed E-state index contributed by atoms with van der Waals surface area (Å²) < 4.78 is 5.34. The molecule has 3 aromatic rings. The van der Waals surface area contributed by atoms with Crippen LogP contribution < -0.4 is 15.4 Å². The van der Waals surface area contributed by atoms with Crippen LogP contribution in [0.15, 0.2) is 78.0 Å². The predicted octanol–water partition coefficient (Wildman–Crippen LogP) is 5.94. The molecule has 5 rings (SSSR count). The van der Waals surface area contributed by atoms with Crippen molar-refractivity contribution in [1.29, 1.82) is 0 Å². The number of ether oxygens (including phenoxy) is 1. The first-order valence-electron chi connectivity index (χ1n) is 11.4. The second kappa shape index (κ2) is 8.66. The molecule has 0 amide bonds. The Morgan fingerprint density at radius 1 is 0.970 bits per heavy atom. The van der Waals surface area contributed by atoms with Crippen LogP contribution >= 0.6 is 0 Å². The molecule has 0 fully saturated rings. The Morgan fingerprint density at radius 2 is 1.73 bits per heavy atom. The van der Waals surface area contributed by atoms with E-state index >= 15 is 0 Å². The number of hydrogen-bond donors (Lipinski definition) is 3. The number of nitrogens with one attached hydrogen (secondary N) is 2. The number of hydrogen-bond acceptors (Lipinski definition) is 5. The number of carbonyl (C=O) groups is 1. The highest BCUT2D eigenvalue weighted by Crippen LogP contribution is 2.47. The van der Waals surface area contributed by atoms with Gasteiger partial charge in [-0.25, -0.2) is 0 Å². The number of anilines is 2. The highest BCUT2D eigenvalue weighted by Gasteiger charge is 2.37. The molecule has 2 atom stereocenters. The van der Waals surface area contributed by atoms with Crippen LogP contribution in [0.2, 0.25) is 0 Å². The average molecular weight is 441 g/mol. The van der Waals surface area contributed by atoms with Gasteiger partial charge in [0.1, 0.15) is 0 Å². The number of allylic oxidation sites excluding steroid dienone is 1. The highest BCUT2D eigenvalue weighted by molar-refractivity contribution is 6.01. The fourth-order valence-electron chi connectivity index (χ4n) is 4.92. The van der Waals surface area contributed by atoms with Crippen LogP contribution in [0.25, 0.3) is 0 Å². The molecule has 5 heteroatoms. The third-order valence-corrected chi connectivity index (χ3v) is 6.73. The smallest absolute Gasteiger partial charge is 0.163 e. The van der Waals surface area contributed by atoms with Crippen molar-refractivity contribution in [2.45, 2.75) is 38.1 Å². The molecule has 3 N–H and O–H groups in total. The first kappa shape index (κ1) is 21.1. The summed E-state index contributed by atoms with van der Waals surface area (Å²) in [5.41, 5.74) is 6.48. The predicted molar refractivity (Wildman–Crippen MR) is 131 cm³/mol. The minimum Gasteiger partial charge on any atom is -0.504 e. The summed E-state index contributed by atoms with van der Waals surface area (Å²) in [6.07, 6.45) is 2.16. The lowest BCUT2D eigenvalue weighted by atomic mass is 9.78. The van der Waals surface area contributed by atoms with Gasteiger partial charge in [0.2, 0.25) is 0 Å². The minimum atomic E-state index is -0.484. The number of phenols is 1. The van der Waals surface area contributed by atoms with Gasteiger partial charge < -0.3 is 20.5 Å². The van der Waals surface area contributed by atoms with Gasteiger partial charge in [-0.1, -0.05) is 55.5 Å². The lowest BCUT2D eigenvalue weighted by molar-refractivity contribution is -0.116. The van der Waals surface area contributed by atoms with Crippen molar-refractivity contribution in [3.8, 4) is 11.5 Å². The Balaban J connectivity index is 1.61. The molecule has 33 heavy (non-hydrogen) atoms. The molecule has 2 aliphatic rings. The van der Waals surface area contributed by atoms with Gasteiger partial charge in [-0.3, -0.25) is 4.79 Å². The van der Waals surface area contributed by atoms with Crippen LogP contribution in [-0.4, -0.2) is 18.0 Å². The van der Waals surface area contributed by atoms with E-state index < -0.39 is 6.04 Å².